The number of ether oxygens (including phenoxy) is 1. The van der Waals surface area contributed by atoms with Crippen LogP contribution in [-0.2, 0) is 10.3 Å². The predicted molar refractivity (Wildman–Crippen MR) is 65.7 cm³/mol. The van der Waals surface area contributed by atoms with Gasteiger partial charge in [0.25, 0.3) is 0 Å². The van der Waals surface area contributed by atoms with E-state index in [0.29, 0.717) is 11.8 Å². The lowest BCUT2D eigenvalue weighted by Gasteiger charge is -2.46. The summed E-state index contributed by atoms with van der Waals surface area (Å²) in [5.41, 5.74) is -1.58. The maximum Gasteiger partial charge on any atom is 0.184 e. The van der Waals surface area contributed by atoms with Crippen molar-refractivity contribution in [2.45, 2.75) is 30.2 Å². The molecule has 20 heavy (non-hydrogen) atoms. The zero-order valence-corrected chi connectivity index (χ0v) is 10.5. The van der Waals surface area contributed by atoms with Gasteiger partial charge in [-0.2, -0.15) is 0 Å². The van der Waals surface area contributed by atoms with Crippen LogP contribution in [0.5, 0.6) is 0 Å². The van der Waals surface area contributed by atoms with E-state index in [1.165, 1.54) is 24.3 Å². The number of rotatable bonds is 3. The monoisotopic (exact) mass is 284 g/mol. The summed E-state index contributed by atoms with van der Waals surface area (Å²) in [6, 6.07) is 5.59. The zero-order valence-electron chi connectivity index (χ0n) is 10.5. The molecule has 0 saturated carbocycles. The van der Waals surface area contributed by atoms with Crippen molar-refractivity contribution < 1.29 is 35.1 Å². The summed E-state index contributed by atoms with van der Waals surface area (Å²) in [4.78, 5) is 10.6. The number of hydrogen-bond acceptors (Lipinski definition) is 7. The minimum absolute atomic E-state index is 0.153. The van der Waals surface area contributed by atoms with Gasteiger partial charge in [0.2, 0.25) is 0 Å². The van der Waals surface area contributed by atoms with E-state index in [1.807, 2.05) is 0 Å². The van der Waals surface area contributed by atoms with Gasteiger partial charge in [-0.15, -0.1) is 0 Å². The van der Waals surface area contributed by atoms with Crippen molar-refractivity contribution in [2.75, 3.05) is 6.61 Å². The molecule has 7 heteroatoms. The van der Waals surface area contributed by atoms with E-state index in [-0.39, 0.29) is 5.56 Å². The van der Waals surface area contributed by atoms with E-state index in [0.717, 1.165) is 0 Å². The summed E-state index contributed by atoms with van der Waals surface area (Å²) in [5, 5.41) is 49.0. The van der Waals surface area contributed by atoms with Crippen LogP contribution in [0, 0.1) is 0 Å². The Hall–Kier alpha value is -1.35. The molecule has 0 bridgehead atoms. The molecule has 0 amide bonds. The minimum atomic E-state index is -2.10. The number of hydrogen-bond donors (Lipinski definition) is 5. The number of carbonyl (C=O) groups excluding carboxylic acids is 1. The lowest BCUT2D eigenvalue weighted by molar-refractivity contribution is -0.325. The van der Waals surface area contributed by atoms with Crippen molar-refractivity contribution >= 4 is 6.29 Å². The first kappa shape index (κ1) is 15.0. The predicted octanol–water partition coefficient (Wildman–Crippen LogP) is -1.88. The highest BCUT2D eigenvalue weighted by atomic mass is 16.6. The molecular weight excluding hydrogens is 268 g/mol. The SMILES string of the molecule is O=Cc1ccc([C@@]2(O)[C@H](O)[C@@H](O)[C@@H](O)O[C@@H]2CO)cc1. The minimum Gasteiger partial charge on any atom is -0.394 e. The number of benzene rings is 1. The molecule has 5 atom stereocenters. The Balaban J connectivity index is 2.43. The molecule has 0 aromatic heterocycles. The van der Waals surface area contributed by atoms with Crippen LogP contribution in [0.1, 0.15) is 15.9 Å². The molecule has 1 fully saturated rings. The first-order valence-corrected chi connectivity index (χ1v) is 6.03. The summed E-state index contributed by atoms with van der Waals surface area (Å²) >= 11 is 0. The lowest BCUT2D eigenvalue weighted by Crippen LogP contribution is -2.64. The van der Waals surface area contributed by atoms with Gasteiger partial charge in [-0.05, 0) is 5.56 Å². The standard InChI is InChI=1S/C13H16O7/c14-5-7-1-3-8(4-2-7)13(19)9(6-15)20-12(18)10(16)11(13)17/h1-5,9-12,15-19H,6H2/t9-,10-,11-,12+,13+/m1/s1. The molecule has 110 valence electrons. The molecule has 0 aliphatic carbocycles. The highest BCUT2D eigenvalue weighted by Crippen LogP contribution is 2.37. The normalized spacial score (nSPS) is 37.6. The van der Waals surface area contributed by atoms with Crippen molar-refractivity contribution in [2.24, 2.45) is 0 Å². The van der Waals surface area contributed by atoms with Crippen molar-refractivity contribution in [3.63, 3.8) is 0 Å². The van der Waals surface area contributed by atoms with Gasteiger partial charge in [-0.3, -0.25) is 4.79 Å². The average Bonchev–Trinajstić information content (AvgIpc) is 2.48. The van der Waals surface area contributed by atoms with Crippen LogP contribution in [0.15, 0.2) is 24.3 Å². The fraction of sp³-hybridized carbons (Fsp3) is 0.462. The molecule has 1 aromatic rings. The van der Waals surface area contributed by atoms with Gasteiger partial charge in [0.05, 0.1) is 6.61 Å². The van der Waals surface area contributed by atoms with Gasteiger partial charge in [0, 0.05) is 5.56 Å². The van der Waals surface area contributed by atoms with E-state index in [2.05, 4.69) is 0 Å². The van der Waals surface area contributed by atoms with Crippen LogP contribution in [0.2, 0.25) is 0 Å². The third-order valence-corrected chi connectivity index (χ3v) is 3.54. The third kappa shape index (κ3) is 2.24. The van der Waals surface area contributed by atoms with Gasteiger partial charge in [0.1, 0.15) is 30.2 Å². The number of aliphatic hydroxyl groups is 5. The molecule has 1 aliphatic rings. The maximum absolute atomic E-state index is 10.6. The van der Waals surface area contributed by atoms with Crippen LogP contribution in [0.4, 0.5) is 0 Å². The van der Waals surface area contributed by atoms with Gasteiger partial charge < -0.3 is 30.3 Å². The van der Waals surface area contributed by atoms with Crippen LogP contribution >= 0.6 is 0 Å². The number of aldehydes is 1. The average molecular weight is 284 g/mol. The highest BCUT2D eigenvalue weighted by molar-refractivity contribution is 5.74. The van der Waals surface area contributed by atoms with Gasteiger partial charge in [-0.1, -0.05) is 24.3 Å². The Morgan fingerprint density at radius 3 is 2.30 bits per heavy atom. The van der Waals surface area contributed by atoms with E-state index in [4.69, 9.17) is 4.74 Å². The largest absolute Gasteiger partial charge is 0.394 e. The lowest BCUT2D eigenvalue weighted by atomic mass is 9.78. The van der Waals surface area contributed by atoms with Crippen molar-refractivity contribution in [3.05, 3.63) is 35.4 Å². The van der Waals surface area contributed by atoms with E-state index in [9.17, 15) is 30.3 Å². The summed E-state index contributed by atoms with van der Waals surface area (Å²) in [6.45, 7) is -0.674. The van der Waals surface area contributed by atoms with Gasteiger partial charge >= 0.3 is 0 Å². The van der Waals surface area contributed by atoms with Crippen molar-refractivity contribution in [1.29, 1.82) is 0 Å². The maximum atomic E-state index is 10.6. The van der Waals surface area contributed by atoms with Crippen LogP contribution in [0.3, 0.4) is 0 Å². The molecule has 1 saturated heterocycles. The molecule has 5 N–H and O–H groups in total. The van der Waals surface area contributed by atoms with Crippen molar-refractivity contribution in [1.82, 2.24) is 0 Å². The molecule has 2 rings (SSSR count). The fourth-order valence-corrected chi connectivity index (χ4v) is 2.33. The number of aliphatic hydroxyl groups excluding tert-OH is 4. The second-order valence-electron chi connectivity index (χ2n) is 4.70. The Kier molecular flexibility index (Phi) is 4.19. The highest BCUT2D eigenvalue weighted by Gasteiger charge is 2.55. The molecule has 0 radical (unpaired) electrons. The first-order valence-electron chi connectivity index (χ1n) is 6.03. The van der Waals surface area contributed by atoms with E-state index >= 15 is 0 Å². The summed E-state index contributed by atoms with van der Waals surface area (Å²) < 4.78 is 4.92. The topological polar surface area (TPSA) is 127 Å². The second kappa shape index (κ2) is 5.57. The first-order chi connectivity index (χ1) is 9.44. The Morgan fingerprint density at radius 2 is 1.80 bits per heavy atom. The number of carbonyl (C=O) groups is 1. The van der Waals surface area contributed by atoms with Gasteiger partial charge in [0.15, 0.2) is 6.29 Å². The fourth-order valence-electron chi connectivity index (χ4n) is 2.33. The molecule has 1 aromatic carbocycles. The second-order valence-corrected chi connectivity index (χ2v) is 4.70. The zero-order chi connectivity index (χ0) is 14.9. The van der Waals surface area contributed by atoms with Gasteiger partial charge in [-0.25, -0.2) is 0 Å². The Morgan fingerprint density at radius 1 is 1.20 bits per heavy atom. The summed E-state index contributed by atoms with van der Waals surface area (Å²) in [6.07, 6.45) is -5.90. The molecule has 0 unspecified atom stereocenters. The van der Waals surface area contributed by atoms with Crippen LogP contribution in [-0.4, -0.2) is 63.0 Å². The Bertz CT molecular complexity index is 470. The summed E-state index contributed by atoms with van der Waals surface area (Å²) in [7, 11) is 0. The quantitative estimate of drug-likeness (QED) is 0.411. The molecule has 1 heterocycles. The van der Waals surface area contributed by atoms with E-state index in [1.54, 1.807) is 0 Å². The Labute approximate surface area is 114 Å². The molecular formula is C13H16O7. The smallest absolute Gasteiger partial charge is 0.184 e. The molecule has 0 spiro atoms. The summed E-state index contributed by atoms with van der Waals surface area (Å²) in [5.74, 6) is 0. The van der Waals surface area contributed by atoms with Crippen LogP contribution < -0.4 is 0 Å². The van der Waals surface area contributed by atoms with Crippen molar-refractivity contribution in [3.8, 4) is 0 Å². The third-order valence-electron chi connectivity index (χ3n) is 3.54. The molecule has 1 aliphatic heterocycles. The van der Waals surface area contributed by atoms with E-state index < -0.39 is 36.8 Å². The van der Waals surface area contributed by atoms with Crippen LogP contribution in [0.25, 0.3) is 0 Å². The molecule has 7 nitrogen and oxygen atoms in total.